The quantitative estimate of drug-likeness (QED) is 0.596. The number of hydrogen-bond donors (Lipinski definition) is 2. The van der Waals surface area contributed by atoms with E-state index >= 15 is 0 Å². The molecule has 0 spiro atoms. The van der Waals surface area contributed by atoms with Crippen LogP contribution in [0, 0.1) is 6.92 Å². The first kappa shape index (κ1) is 20.6. The van der Waals surface area contributed by atoms with Crippen molar-refractivity contribution < 1.29 is 9.53 Å². The molecule has 4 heterocycles. The van der Waals surface area contributed by atoms with Crippen LogP contribution < -0.4 is 20.3 Å². The molecule has 10 nitrogen and oxygen atoms in total. The number of nitrogens with one attached hydrogen (secondary N) is 2. The standard InChI is InChI=1S/C21H26N8O2/c1-13(2)31-18-6-5-15(7-22-18)10-29-11-16(9-24-29)8-23-21-25-14(3)19-20(27-21)28(4)12-17(30)26-19/h5-7,9,11,13H,8,10,12H2,1-4H3,(H,26,30)(H,23,25,27). The minimum atomic E-state index is -0.0629. The summed E-state index contributed by atoms with van der Waals surface area (Å²) in [5, 5.41) is 10.5. The zero-order valence-corrected chi connectivity index (χ0v) is 18.1. The second-order valence-electron chi connectivity index (χ2n) is 7.81. The van der Waals surface area contributed by atoms with E-state index in [9.17, 15) is 4.79 Å². The van der Waals surface area contributed by atoms with Gasteiger partial charge in [0.05, 0.1) is 31.1 Å². The van der Waals surface area contributed by atoms with Crippen molar-refractivity contribution in [2.24, 2.45) is 0 Å². The summed E-state index contributed by atoms with van der Waals surface area (Å²) in [4.78, 5) is 26.9. The summed E-state index contributed by atoms with van der Waals surface area (Å²) in [6, 6.07) is 3.86. The van der Waals surface area contributed by atoms with E-state index in [1.807, 2.05) is 61.9 Å². The molecule has 162 valence electrons. The van der Waals surface area contributed by atoms with Crippen LogP contribution in [0.25, 0.3) is 0 Å². The van der Waals surface area contributed by atoms with E-state index in [2.05, 4.69) is 30.7 Å². The summed E-state index contributed by atoms with van der Waals surface area (Å²) in [6.45, 7) is 7.23. The molecule has 1 amide bonds. The van der Waals surface area contributed by atoms with Crippen molar-refractivity contribution in [3.63, 3.8) is 0 Å². The van der Waals surface area contributed by atoms with E-state index in [0.717, 1.165) is 16.8 Å². The van der Waals surface area contributed by atoms with E-state index in [0.29, 0.717) is 36.4 Å². The van der Waals surface area contributed by atoms with Crippen LogP contribution in [0.5, 0.6) is 5.88 Å². The minimum absolute atomic E-state index is 0.0629. The van der Waals surface area contributed by atoms with Crippen LogP contribution in [0.1, 0.15) is 30.7 Å². The number of ether oxygens (including phenoxy) is 1. The number of nitrogens with zero attached hydrogens (tertiary/aromatic N) is 6. The van der Waals surface area contributed by atoms with Crippen molar-refractivity contribution >= 4 is 23.4 Å². The van der Waals surface area contributed by atoms with Gasteiger partial charge >= 0.3 is 0 Å². The Morgan fingerprint density at radius 2 is 2.06 bits per heavy atom. The molecule has 1 aliphatic heterocycles. The molecule has 0 atom stereocenters. The lowest BCUT2D eigenvalue weighted by atomic mass is 10.2. The van der Waals surface area contributed by atoms with Crippen LogP contribution in [0.2, 0.25) is 0 Å². The van der Waals surface area contributed by atoms with E-state index in [4.69, 9.17) is 4.74 Å². The SMILES string of the molecule is Cc1nc(NCc2cnn(Cc3ccc(OC(C)C)nc3)c2)nc2c1NC(=O)CN2C. The van der Waals surface area contributed by atoms with Crippen LogP contribution in [0.3, 0.4) is 0 Å². The second-order valence-corrected chi connectivity index (χ2v) is 7.81. The molecule has 31 heavy (non-hydrogen) atoms. The monoisotopic (exact) mass is 422 g/mol. The van der Waals surface area contributed by atoms with Crippen molar-refractivity contribution in [2.75, 3.05) is 29.1 Å². The lowest BCUT2D eigenvalue weighted by Gasteiger charge is -2.27. The molecule has 10 heteroatoms. The molecular weight excluding hydrogens is 396 g/mol. The highest BCUT2D eigenvalue weighted by molar-refractivity contribution is 6.00. The molecule has 0 fully saturated rings. The molecular formula is C21H26N8O2. The second kappa shape index (κ2) is 8.58. The van der Waals surface area contributed by atoms with Gasteiger partial charge in [-0.15, -0.1) is 0 Å². The number of hydrogen-bond acceptors (Lipinski definition) is 8. The van der Waals surface area contributed by atoms with Crippen LogP contribution in [-0.4, -0.2) is 50.3 Å². The van der Waals surface area contributed by atoms with Gasteiger partial charge in [-0.05, 0) is 26.3 Å². The highest BCUT2D eigenvalue weighted by atomic mass is 16.5. The number of amides is 1. The van der Waals surface area contributed by atoms with Crippen molar-refractivity contribution in [3.8, 4) is 5.88 Å². The summed E-state index contributed by atoms with van der Waals surface area (Å²) in [6.07, 6.45) is 5.69. The number of rotatable bonds is 7. The maximum absolute atomic E-state index is 11.7. The molecule has 0 aliphatic carbocycles. The number of aryl methyl sites for hydroxylation is 1. The molecule has 3 aromatic heterocycles. The molecule has 0 bridgehead atoms. The third kappa shape index (κ3) is 4.90. The Morgan fingerprint density at radius 1 is 1.23 bits per heavy atom. The van der Waals surface area contributed by atoms with Gasteiger partial charge in [-0.2, -0.15) is 10.1 Å². The van der Waals surface area contributed by atoms with Gasteiger partial charge in [0.1, 0.15) is 5.69 Å². The lowest BCUT2D eigenvalue weighted by Crippen LogP contribution is -2.36. The van der Waals surface area contributed by atoms with Gasteiger partial charge in [-0.1, -0.05) is 6.07 Å². The summed E-state index contributed by atoms with van der Waals surface area (Å²) in [7, 11) is 1.84. The van der Waals surface area contributed by atoms with Gasteiger partial charge in [0, 0.05) is 37.6 Å². The molecule has 1 aliphatic rings. The molecule has 3 aromatic rings. The third-order valence-electron chi connectivity index (χ3n) is 4.71. The Labute approximate surface area is 180 Å². The molecule has 0 saturated carbocycles. The molecule has 0 aromatic carbocycles. The number of carbonyl (C=O) groups excluding carboxylic acids is 1. The molecule has 4 rings (SSSR count). The first-order valence-electron chi connectivity index (χ1n) is 10.1. The van der Waals surface area contributed by atoms with Gasteiger partial charge in [0.2, 0.25) is 17.7 Å². The summed E-state index contributed by atoms with van der Waals surface area (Å²) in [5.74, 6) is 1.78. The Hall–Kier alpha value is -3.69. The normalized spacial score (nSPS) is 13.2. The van der Waals surface area contributed by atoms with E-state index < -0.39 is 0 Å². The van der Waals surface area contributed by atoms with Gasteiger partial charge in [-0.25, -0.2) is 9.97 Å². The number of aromatic nitrogens is 5. The fourth-order valence-corrected chi connectivity index (χ4v) is 3.30. The topological polar surface area (TPSA) is 110 Å². The minimum Gasteiger partial charge on any atom is -0.475 e. The fraction of sp³-hybridized carbons (Fsp3) is 0.381. The van der Waals surface area contributed by atoms with Gasteiger partial charge < -0.3 is 20.3 Å². The van der Waals surface area contributed by atoms with E-state index in [-0.39, 0.29) is 18.6 Å². The fourth-order valence-electron chi connectivity index (χ4n) is 3.30. The number of likely N-dealkylation sites (N-methyl/N-ethyl adjacent to an activating group) is 1. The van der Waals surface area contributed by atoms with Crippen LogP contribution in [0.15, 0.2) is 30.7 Å². The summed E-state index contributed by atoms with van der Waals surface area (Å²) < 4.78 is 7.44. The first-order valence-corrected chi connectivity index (χ1v) is 10.1. The zero-order valence-electron chi connectivity index (χ0n) is 18.1. The van der Waals surface area contributed by atoms with Crippen LogP contribution >= 0.6 is 0 Å². The third-order valence-corrected chi connectivity index (χ3v) is 4.71. The molecule has 0 saturated heterocycles. The number of pyridine rings is 1. The van der Waals surface area contributed by atoms with Crippen molar-refractivity contribution in [3.05, 3.63) is 47.5 Å². The molecule has 0 unspecified atom stereocenters. The average molecular weight is 422 g/mol. The van der Waals surface area contributed by atoms with Crippen LogP contribution in [0.4, 0.5) is 17.5 Å². The maximum atomic E-state index is 11.7. The number of carbonyl (C=O) groups is 1. The van der Waals surface area contributed by atoms with Gasteiger partial charge in [-0.3, -0.25) is 9.48 Å². The maximum Gasteiger partial charge on any atom is 0.244 e. The Bertz CT molecular complexity index is 1080. The largest absolute Gasteiger partial charge is 0.475 e. The predicted octanol–water partition coefficient (Wildman–Crippen LogP) is 2.21. The Balaban J connectivity index is 1.38. The van der Waals surface area contributed by atoms with Gasteiger partial charge in [0.25, 0.3) is 0 Å². The van der Waals surface area contributed by atoms with Crippen molar-refractivity contribution in [1.82, 2.24) is 24.7 Å². The average Bonchev–Trinajstić information content (AvgIpc) is 3.16. The number of fused-ring (bicyclic) bond motifs is 1. The van der Waals surface area contributed by atoms with E-state index in [1.54, 1.807) is 6.20 Å². The molecule has 0 radical (unpaired) electrons. The highest BCUT2D eigenvalue weighted by Crippen LogP contribution is 2.29. The molecule has 2 N–H and O–H groups in total. The van der Waals surface area contributed by atoms with Gasteiger partial charge in [0.15, 0.2) is 5.82 Å². The van der Waals surface area contributed by atoms with Crippen molar-refractivity contribution in [1.29, 1.82) is 0 Å². The summed E-state index contributed by atoms with van der Waals surface area (Å²) in [5.41, 5.74) is 3.43. The Kier molecular flexibility index (Phi) is 5.70. The van der Waals surface area contributed by atoms with E-state index in [1.165, 1.54) is 0 Å². The lowest BCUT2D eigenvalue weighted by molar-refractivity contribution is -0.115. The summed E-state index contributed by atoms with van der Waals surface area (Å²) >= 11 is 0. The smallest absolute Gasteiger partial charge is 0.244 e. The zero-order chi connectivity index (χ0) is 22.0. The Morgan fingerprint density at radius 3 is 2.81 bits per heavy atom. The first-order chi connectivity index (χ1) is 14.9. The number of anilines is 3. The highest BCUT2D eigenvalue weighted by Gasteiger charge is 2.23. The predicted molar refractivity (Wildman–Crippen MR) is 117 cm³/mol. The van der Waals surface area contributed by atoms with Crippen LogP contribution in [-0.2, 0) is 17.9 Å². The van der Waals surface area contributed by atoms with Crippen molar-refractivity contribution in [2.45, 2.75) is 40.0 Å².